The molecule has 0 aliphatic heterocycles. The first kappa shape index (κ1) is 21.1. The Labute approximate surface area is 164 Å². The van der Waals surface area contributed by atoms with Gasteiger partial charge in [0.05, 0.1) is 21.5 Å². The Hall–Kier alpha value is -2.62. The van der Waals surface area contributed by atoms with Gasteiger partial charge < -0.3 is 10.1 Å². The number of halogens is 4. The first-order valence-electron chi connectivity index (χ1n) is 8.48. The number of aromatic amines is 1. The van der Waals surface area contributed by atoms with Gasteiger partial charge >= 0.3 is 5.51 Å². The molecule has 1 heterocycles. The Morgan fingerprint density at radius 2 is 1.72 bits per heavy atom. The molecule has 29 heavy (non-hydrogen) atoms. The maximum Gasteiger partial charge on any atom is 0.501 e. The number of fused-ring (bicyclic) bond motifs is 1. The van der Waals surface area contributed by atoms with Crippen LogP contribution in [0.4, 0.5) is 17.6 Å². The van der Waals surface area contributed by atoms with Crippen molar-refractivity contribution in [3.63, 3.8) is 0 Å². The van der Waals surface area contributed by atoms with E-state index in [-0.39, 0.29) is 33.7 Å². The van der Waals surface area contributed by atoms with Crippen molar-refractivity contribution in [1.29, 1.82) is 0 Å². The number of rotatable bonds is 2. The van der Waals surface area contributed by atoms with Gasteiger partial charge in [-0.1, -0.05) is 20.8 Å². The predicted octanol–water partition coefficient (Wildman–Crippen LogP) is 4.97. The highest BCUT2D eigenvalue weighted by molar-refractivity contribution is 7.92. The van der Waals surface area contributed by atoms with E-state index in [1.54, 1.807) is 20.8 Å². The summed E-state index contributed by atoms with van der Waals surface area (Å²) >= 11 is 0. The Bertz CT molecular complexity index is 1220. The van der Waals surface area contributed by atoms with E-state index in [0.717, 1.165) is 18.2 Å². The van der Waals surface area contributed by atoms with E-state index in [1.807, 2.05) is 0 Å². The minimum atomic E-state index is -5.54. The van der Waals surface area contributed by atoms with Gasteiger partial charge in [-0.25, -0.2) is 17.8 Å². The van der Waals surface area contributed by atoms with Crippen molar-refractivity contribution in [1.82, 2.24) is 9.97 Å². The molecule has 0 radical (unpaired) electrons. The number of benzene rings is 2. The zero-order valence-corrected chi connectivity index (χ0v) is 16.8. The number of hydrogen-bond donors (Lipinski definition) is 2. The van der Waals surface area contributed by atoms with Crippen LogP contribution in [0.1, 0.15) is 31.9 Å². The molecule has 10 heteroatoms. The van der Waals surface area contributed by atoms with E-state index in [4.69, 9.17) is 0 Å². The van der Waals surface area contributed by atoms with Gasteiger partial charge in [-0.3, -0.25) is 0 Å². The summed E-state index contributed by atoms with van der Waals surface area (Å²) in [5, 5.41) is 10.7. The fraction of sp³-hybridized carbons (Fsp3) is 0.316. The van der Waals surface area contributed by atoms with Crippen LogP contribution in [0.5, 0.6) is 5.75 Å². The largest absolute Gasteiger partial charge is 0.507 e. The van der Waals surface area contributed by atoms with E-state index in [9.17, 15) is 31.1 Å². The van der Waals surface area contributed by atoms with Crippen molar-refractivity contribution in [3.05, 3.63) is 41.2 Å². The molecule has 0 unspecified atom stereocenters. The van der Waals surface area contributed by atoms with Crippen LogP contribution in [0, 0.1) is 12.7 Å². The van der Waals surface area contributed by atoms with Crippen LogP contribution in [0.3, 0.4) is 0 Å². The topological polar surface area (TPSA) is 83.1 Å². The first-order chi connectivity index (χ1) is 13.1. The van der Waals surface area contributed by atoms with Crippen LogP contribution in [0.2, 0.25) is 0 Å². The number of nitrogens with one attached hydrogen (secondary N) is 1. The van der Waals surface area contributed by atoms with Gasteiger partial charge in [-0.15, -0.1) is 0 Å². The minimum Gasteiger partial charge on any atom is -0.507 e. The summed E-state index contributed by atoms with van der Waals surface area (Å²) in [6, 6.07) is 3.96. The van der Waals surface area contributed by atoms with Gasteiger partial charge in [0.15, 0.2) is 0 Å². The molecule has 0 aliphatic carbocycles. The minimum absolute atomic E-state index is 0.0153. The molecule has 0 spiro atoms. The average molecular weight is 430 g/mol. The molecular weight excluding hydrogens is 412 g/mol. The smallest absolute Gasteiger partial charge is 0.501 e. The standard InChI is InChI=1S/C19H18F4N2O3S/c1-9-12(20)8-11(18(2,3)4)16(26)15(9)17-24-13-6-5-10(7-14(13)25-17)29(27,28)19(21,22)23/h5-8,26H,1-4H3,(H,24,25). The Balaban J connectivity index is 2.24. The SMILES string of the molecule is Cc1c(F)cc(C(C)(C)C)c(O)c1-c1nc2cc(S(=O)(=O)C(F)(F)F)ccc2[nH]1. The Morgan fingerprint density at radius 3 is 2.28 bits per heavy atom. The second kappa shape index (κ2) is 6.45. The zero-order chi connectivity index (χ0) is 21.9. The van der Waals surface area contributed by atoms with E-state index >= 15 is 0 Å². The molecule has 0 atom stereocenters. The monoisotopic (exact) mass is 430 g/mol. The van der Waals surface area contributed by atoms with Gasteiger partial charge in [0.1, 0.15) is 17.4 Å². The lowest BCUT2D eigenvalue weighted by Gasteiger charge is -2.23. The zero-order valence-electron chi connectivity index (χ0n) is 15.9. The lowest BCUT2D eigenvalue weighted by atomic mass is 9.84. The third kappa shape index (κ3) is 3.45. The van der Waals surface area contributed by atoms with Crippen molar-refractivity contribution >= 4 is 20.9 Å². The average Bonchev–Trinajstić information content (AvgIpc) is 2.98. The van der Waals surface area contributed by atoms with Crippen LogP contribution >= 0.6 is 0 Å². The first-order valence-corrected chi connectivity index (χ1v) is 9.97. The fourth-order valence-corrected chi connectivity index (χ4v) is 3.78. The number of alkyl halides is 3. The van der Waals surface area contributed by atoms with Crippen LogP contribution in [-0.4, -0.2) is 29.0 Å². The van der Waals surface area contributed by atoms with Crippen molar-refractivity contribution in [2.24, 2.45) is 0 Å². The molecular formula is C19H18F4N2O3S. The van der Waals surface area contributed by atoms with Gasteiger partial charge in [-0.05, 0) is 42.2 Å². The highest BCUT2D eigenvalue weighted by Crippen LogP contribution is 2.41. The van der Waals surface area contributed by atoms with Gasteiger partial charge in [0.2, 0.25) is 0 Å². The molecule has 0 saturated heterocycles. The molecule has 0 aliphatic rings. The lowest BCUT2D eigenvalue weighted by Crippen LogP contribution is -2.23. The normalized spacial score (nSPS) is 13.2. The van der Waals surface area contributed by atoms with Crippen LogP contribution in [0.25, 0.3) is 22.4 Å². The summed E-state index contributed by atoms with van der Waals surface area (Å²) in [5.74, 6) is -0.774. The van der Waals surface area contributed by atoms with E-state index < -0.39 is 31.5 Å². The summed E-state index contributed by atoms with van der Waals surface area (Å²) < 4.78 is 76.2. The molecule has 1 aromatic heterocycles. The number of H-pyrrole nitrogens is 1. The third-order valence-electron chi connectivity index (χ3n) is 4.61. The number of phenolic OH excluding ortho intramolecular Hbond substituents is 1. The summed E-state index contributed by atoms with van der Waals surface area (Å²) in [6.45, 7) is 6.79. The van der Waals surface area contributed by atoms with Crippen LogP contribution in [-0.2, 0) is 15.3 Å². The highest BCUT2D eigenvalue weighted by atomic mass is 32.2. The summed E-state index contributed by atoms with van der Waals surface area (Å²) in [7, 11) is -5.54. The fourth-order valence-electron chi connectivity index (χ4n) is 3.00. The number of aromatic nitrogens is 2. The number of nitrogens with zero attached hydrogens (tertiary/aromatic N) is 1. The number of aromatic hydroxyl groups is 1. The van der Waals surface area contributed by atoms with Crippen molar-refractivity contribution in [2.75, 3.05) is 0 Å². The summed E-state index contributed by atoms with van der Waals surface area (Å²) in [5.41, 5.74) is -5.38. The van der Waals surface area contributed by atoms with Crippen LogP contribution in [0.15, 0.2) is 29.2 Å². The highest BCUT2D eigenvalue weighted by Gasteiger charge is 2.47. The number of phenols is 1. The van der Waals surface area contributed by atoms with E-state index in [0.29, 0.717) is 5.56 Å². The molecule has 2 aromatic carbocycles. The molecule has 0 amide bonds. The maximum atomic E-state index is 14.5. The quantitative estimate of drug-likeness (QED) is 0.562. The number of hydrogen-bond acceptors (Lipinski definition) is 4. The van der Waals surface area contributed by atoms with Crippen molar-refractivity contribution in [3.8, 4) is 17.1 Å². The van der Waals surface area contributed by atoms with Crippen molar-refractivity contribution in [2.45, 2.75) is 43.5 Å². The van der Waals surface area contributed by atoms with Gasteiger partial charge in [-0.2, -0.15) is 13.2 Å². The molecule has 2 N–H and O–H groups in total. The van der Waals surface area contributed by atoms with Gasteiger partial charge in [0.25, 0.3) is 9.84 Å². The number of imidazole rings is 1. The Kier molecular flexibility index (Phi) is 4.69. The second-order valence-corrected chi connectivity index (χ2v) is 9.66. The molecule has 3 rings (SSSR count). The molecule has 0 saturated carbocycles. The molecule has 156 valence electrons. The van der Waals surface area contributed by atoms with Crippen LogP contribution < -0.4 is 0 Å². The van der Waals surface area contributed by atoms with Gasteiger partial charge in [0, 0.05) is 5.56 Å². The molecule has 0 fully saturated rings. The molecule has 0 bridgehead atoms. The second-order valence-electron chi connectivity index (χ2n) is 7.72. The molecule has 5 nitrogen and oxygen atoms in total. The van der Waals surface area contributed by atoms with Crippen molar-refractivity contribution < 1.29 is 31.1 Å². The Morgan fingerprint density at radius 1 is 1.10 bits per heavy atom. The summed E-state index contributed by atoms with van der Waals surface area (Å²) in [6.07, 6.45) is 0. The molecule has 3 aromatic rings. The summed E-state index contributed by atoms with van der Waals surface area (Å²) in [4.78, 5) is 5.96. The van der Waals surface area contributed by atoms with E-state index in [1.165, 1.54) is 13.0 Å². The third-order valence-corrected chi connectivity index (χ3v) is 6.09. The lowest BCUT2D eigenvalue weighted by molar-refractivity contribution is -0.0435. The number of sulfone groups is 1. The maximum absolute atomic E-state index is 14.5. The van der Waals surface area contributed by atoms with E-state index in [2.05, 4.69) is 9.97 Å². The predicted molar refractivity (Wildman–Crippen MR) is 99.8 cm³/mol.